The van der Waals surface area contributed by atoms with Crippen molar-refractivity contribution in [3.05, 3.63) is 0 Å². The van der Waals surface area contributed by atoms with Crippen molar-refractivity contribution in [3.63, 3.8) is 0 Å². The molecule has 0 aromatic heterocycles. The summed E-state index contributed by atoms with van der Waals surface area (Å²) >= 11 is 0. The Morgan fingerprint density at radius 3 is 2.07 bits per heavy atom. The van der Waals surface area contributed by atoms with Crippen molar-refractivity contribution < 1.29 is 30.0 Å². The van der Waals surface area contributed by atoms with Gasteiger partial charge in [0.15, 0.2) is 12.4 Å². The smallest absolute Gasteiger partial charge is 0.265 e. The van der Waals surface area contributed by atoms with Crippen LogP contribution in [0, 0.1) is 0 Å². The zero-order chi connectivity index (χ0) is 11.3. The van der Waals surface area contributed by atoms with Gasteiger partial charge in [0.2, 0.25) is 0 Å². The highest BCUT2D eigenvalue weighted by Crippen LogP contribution is 2.03. The van der Waals surface area contributed by atoms with Gasteiger partial charge in [-0.05, 0) is 0 Å². The fourth-order valence-corrected chi connectivity index (χ4v) is 0.710. The third kappa shape index (κ3) is 3.01. The van der Waals surface area contributed by atoms with E-state index in [4.69, 9.17) is 20.4 Å². The first-order valence-electron chi connectivity index (χ1n) is 3.63. The van der Waals surface area contributed by atoms with Crippen LogP contribution in [0.1, 0.15) is 0 Å². The van der Waals surface area contributed by atoms with E-state index >= 15 is 0 Å². The van der Waals surface area contributed by atoms with Crippen molar-refractivity contribution in [1.29, 1.82) is 0 Å². The van der Waals surface area contributed by atoms with Crippen LogP contribution in [0.25, 0.3) is 0 Å². The topological polar surface area (TPSA) is 153 Å². The van der Waals surface area contributed by atoms with Gasteiger partial charge in [0.25, 0.3) is 5.91 Å². The van der Waals surface area contributed by atoms with Gasteiger partial charge in [-0.15, -0.1) is 0 Å². The molecule has 0 aromatic carbocycles. The SMILES string of the molecule is NNC(=O)[C@H](O)[C@@H](O)[C@H](O)[C@H](O)C=O. The van der Waals surface area contributed by atoms with Gasteiger partial charge < -0.3 is 25.2 Å². The van der Waals surface area contributed by atoms with E-state index in [2.05, 4.69) is 5.84 Å². The van der Waals surface area contributed by atoms with Crippen LogP contribution in [-0.4, -0.2) is 57.0 Å². The van der Waals surface area contributed by atoms with Gasteiger partial charge in [-0.25, -0.2) is 5.84 Å². The fourth-order valence-electron chi connectivity index (χ4n) is 0.710. The number of aliphatic hydroxyl groups is 4. The lowest BCUT2D eigenvalue weighted by molar-refractivity contribution is -0.149. The van der Waals surface area contributed by atoms with Crippen LogP contribution in [0.4, 0.5) is 0 Å². The Bertz CT molecular complexity index is 210. The highest BCUT2D eigenvalue weighted by Gasteiger charge is 2.33. The first-order valence-corrected chi connectivity index (χ1v) is 3.63. The number of hydrogen-bond donors (Lipinski definition) is 6. The van der Waals surface area contributed by atoms with Gasteiger partial charge in [0.1, 0.15) is 18.3 Å². The van der Waals surface area contributed by atoms with Gasteiger partial charge in [-0.3, -0.25) is 10.2 Å². The number of nitrogens with two attached hydrogens (primary N) is 1. The summed E-state index contributed by atoms with van der Waals surface area (Å²) in [6.45, 7) is 0. The van der Waals surface area contributed by atoms with Crippen molar-refractivity contribution in [3.8, 4) is 0 Å². The van der Waals surface area contributed by atoms with Crippen molar-refractivity contribution >= 4 is 12.2 Å². The number of hydrogen-bond acceptors (Lipinski definition) is 7. The lowest BCUT2D eigenvalue weighted by Crippen LogP contribution is -2.52. The summed E-state index contributed by atoms with van der Waals surface area (Å²) in [4.78, 5) is 20.6. The Hall–Kier alpha value is -1.06. The standard InChI is InChI=1S/C6H12N2O6/c7-8-6(14)5(13)4(12)3(11)2(10)1-9/h1-5,10-13H,7H2,(H,8,14)/t2-,3-,4+,5-/m1/s1. The van der Waals surface area contributed by atoms with Crippen LogP contribution in [0.5, 0.6) is 0 Å². The maximum atomic E-state index is 10.6. The minimum absolute atomic E-state index is 0.0407. The molecule has 7 N–H and O–H groups in total. The Labute approximate surface area is 78.9 Å². The van der Waals surface area contributed by atoms with Crippen molar-refractivity contribution in [1.82, 2.24) is 5.43 Å². The molecule has 14 heavy (non-hydrogen) atoms. The first kappa shape index (κ1) is 12.9. The number of aldehydes is 1. The quantitative estimate of drug-likeness (QED) is 0.115. The van der Waals surface area contributed by atoms with Crippen molar-refractivity contribution in [2.45, 2.75) is 24.4 Å². The summed E-state index contributed by atoms with van der Waals surface area (Å²) in [5.74, 6) is 3.49. The molecule has 0 aliphatic rings. The van der Waals surface area contributed by atoms with Crippen LogP contribution in [0.3, 0.4) is 0 Å². The molecule has 0 rings (SSSR count). The summed E-state index contributed by atoms with van der Waals surface area (Å²) in [5, 5.41) is 35.8. The number of nitrogens with one attached hydrogen (secondary N) is 1. The van der Waals surface area contributed by atoms with Crippen LogP contribution in [-0.2, 0) is 9.59 Å². The molecule has 0 spiro atoms. The second-order valence-electron chi connectivity index (χ2n) is 2.56. The summed E-state index contributed by atoms with van der Waals surface area (Å²) in [6, 6.07) is 0. The molecule has 0 heterocycles. The Kier molecular flexibility index (Phi) is 5.20. The van der Waals surface area contributed by atoms with Crippen LogP contribution >= 0.6 is 0 Å². The van der Waals surface area contributed by atoms with E-state index < -0.39 is 30.3 Å². The second-order valence-corrected chi connectivity index (χ2v) is 2.56. The minimum atomic E-state index is -2.02. The fraction of sp³-hybridized carbons (Fsp3) is 0.667. The van der Waals surface area contributed by atoms with Gasteiger partial charge >= 0.3 is 0 Å². The predicted molar refractivity (Wildman–Crippen MR) is 42.4 cm³/mol. The summed E-state index contributed by atoms with van der Waals surface area (Å²) in [7, 11) is 0. The van der Waals surface area contributed by atoms with E-state index in [1.807, 2.05) is 0 Å². The van der Waals surface area contributed by atoms with Gasteiger partial charge in [-0.1, -0.05) is 0 Å². The molecule has 0 unspecified atom stereocenters. The first-order chi connectivity index (χ1) is 6.45. The third-order valence-corrected chi connectivity index (χ3v) is 1.57. The Morgan fingerprint density at radius 1 is 1.21 bits per heavy atom. The molecule has 1 amide bonds. The average Bonchev–Trinajstić information content (AvgIpc) is 2.23. The molecule has 0 aliphatic carbocycles. The van der Waals surface area contributed by atoms with Gasteiger partial charge in [0.05, 0.1) is 0 Å². The monoisotopic (exact) mass is 208 g/mol. The van der Waals surface area contributed by atoms with Crippen molar-refractivity contribution in [2.75, 3.05) is 0 Å². The summed E-state index contributed by atoms with van der Waals surface area (Å²) in [5.41, 5.74) is 1.53. The molecular weight excluding hydrogens is 196 g/mol. The molecular formula is C6H12N2O6. The molecule has 0 fully saturated rings. The predicted octanol–water partition coefficient (Wildman–Crippen LogP) is -4.38. The molecule has 4 atom stereocenters. The van der Waals surface area contributed by atoms with Crippen LogP contribution in [0.15, 0.2) is 0 Å². The molecule has 0 saturated heterocycles. The normalized spacial score (nSPS) is 19.2. The zero-order valence-electron chi connectivity index (χ0n) is 7.07. The molecule has 82 valence electrons. The van der Waals surface area contributed by atoms with E-state index in [1.165, 1.54) is 5.43 Å². The van der Waals surface area contributed by atoms with Crippen LogP contribution in [0.2, 0.25) is 0 Å². The maximum Gasteiger partial charge on any atom is 0.265 e. The van der Waals surface area contributed by atoms with E-state index in [0.29, 0.717) is 0 Å². The maximum absolute atomic E-state index is 10.6. The summed E-state index contributed by atoms with van der Waals surface area (Å²) < 4.78 is 0. The number of amides is 1. The largest absolute Gasteiger partial charge is 0.387 e. The lowest BCUT2D eigenvalue weighted by Gasteiger charge is -2.22. The average molecular weight is 208 g/mol. The molecule has 8 nitrogen and oxygen atoms in total. The van der Waals surface area contributed by atoms with E-state index in [9.17, 15) is 9.59 Å². The minimum Gasteiger partial charge on any atom is -0.387 e. The molecule has 8 heteroatoms. The number of carbonyl (C=O) groups excluding carboxylic acids is 2. The molecule has 0 saturated carbocycles. The summed E-state index contributed by atoms with van der Waals surface area (Å²) in [6.07, 6.45) is -7.91. The third-order valence-electron chi connectivity index (χ3n) is 1.57. The number of hydrazine groups is 1. The molecule has 0 aromatic rings. The molecule has 0 bridgehead atoms. The Balaban J connectivity index is 4.37. The van der Waals surface area contributed by atoms with E-state index in [-0.39, 0.29) is 6.29 Å². The zero-order valence-corrected chi connectivity index (χ0v) is 7.07. The molecule has 0 aliphatic heterocycles. The van der Waals surface area contributed by atoms with Gasteiger partial charge in [0, 0.05) is 0 Å². The highest BCUT2D eigenvalue weighted by molar-refractivity contribution is 5.80. The van der Waals surface area contributed by atoms with Crippen molar-refractivity contribution in [2.24, 2.45) is 5.84 Å². The number of carbonyl (C=O) groups is 2. The van der Waals surface area contributed by atoms with Gasteiger partial charge in [-0.2, -0.15) is 0 Å². The number of rotatable bonds is 5. The lowest BCUT2D eigenvalue weighted by atomic mass is 10.0. The second kappa shape index (κ2) is 5.62. The Morgan fingerprint density at radius 2 is 1.71 bits per heavy atom. The van der Waals surface area contributed by atoms with E-state index in [0.717, 1.165) is 0 Å². The van der Waals surface area contributed by atoms with Crippen LogP contribution < -0.4 is 11.3 Å². The van der Waals surface area contributed by atoms with E-state index in [1.54, 1.807) is 0 Å². The molecule has 0 radical (unpaired) electrons. The highest BCUT2D eigenvalue weighted by atomic mass is 16.4. The number of aliphatic hydroxyl groups excluding tert-OH is 4.